The van der Waals surface area contributed by atoms with Gasteiger partial charge in [-0.2, -0.15) is 5.10 Å². The van der Waals surface area contributed by atoms with Gasteiger partial charge in [0.1, 0.15) is 6.54 Å². The van der Waals surface area contributed by atoms with Crippen molar-refractivity contribution < 1.29 is 23.9 Å². The number of Topliss-reactive ketones (excluding diaryl/α,β-unsaturated/α-hetero) is 1. The number of hydrogen-bond acceptors (Lipinski definition) is 6. The number of para-hydroxylation sites is 1. The Balaban J connectivity index is 1.64. The van der Waals surface area contributed by atoms with Crippen LogP contribution in [0.3, 0.4) is 0 Å². The largest absolute Gasteiger partial charge is 0.451 e. The number of carbonyl (C=O) groups excluding carboxylic acids is 4. The second-order valence-corrected chi connectivity index (χ2v) is 6.53. The number of benzene rings is 1. The van der Waals surface area contributed by atoms with Crippen LogP contribution in [-0.4, -0.2) is 46.0 Å². The Bertz CT molecular complexity index is 994. The summed E-state index contributed by atoms with van der Waals surface area (Å²) in [6.07, 6.45) is -1.09. The summed E-state index contributed by atoms with van der Waals surface area (Å²) in [5, 5.41) is 6.90. The Kier molecular flexibility index (Phi) is 5.00. The van der Waals surface area contributed by atoms with Gasteiger partial charge in [0.15, 0.2) is 6.10 Å². The molecule has 0 fully saturated rings. The van der Waals surface area contributed by atoms with Gasteiger partial charge >= 0.3 is 5.97 Å². The molecule has 1 aliphatic rings. The van der Waals surface area contributed by atoms with Crippen molar-refractivity contribution in [3.05, 3.63) is 41.2 Å². The highest BCUT2D eigenvalue weighted by molar-refractivity contribution is 6.52. The number of carbonyl (C=O) groups is 4. The van der Waals surface area contributed by atoms with Crippen molar-refractivity contribution in [3.8, 4) is 0 Å². The smallest absolute Gasteiger partial charge is 0.326 e. The van der Waals surface area contributed by atoms with E-state index in [4.69, 9.17) is 4.74 Å². The zero-order chi connectivity index (χ0) is 20.6. The molecule has 1 aliphatic heterocycles. The first kappa shape index (κ1) is 19.3. The van der Waals surface area contributed by atoms with Crippen LogP contribution < -0.4 is 10.2 Å². The van der Waals surface area contributed by atoms with Gasteiger partial charge in [-0.25, -0.2) is 0 Å². The molecule has 1 aromatic heterocycles. The lowest BCUT2D eigenvalue weighted by molar-refractivity contribution is -0.152. The summed E-state index contributed by atoms with van der Waals surface area (Å²) < 4.78 is 6.78. The van der Waals surface area contributed by atoms with Crippen molar-refractivity contribution >= 4 is 34.9 Å². The Morgan fingerprint density at radius 2 is 1.89 bits per heavy atom. The molecule has 2 aromatic rings. The van der Waals surface area contributed by atoms with E-state index < -0.39 is 36.2 Å². The third-order valence-corrected chi connectivity index (χ3v) is 4.60. The predicted octanol–water partition coefficient (Wildman–Crippen LogP) is 1.14. The first-order valence-corrected chi connectivity index (χ1v) is 8.66. The fraction of sp³-hybridized carbons (Fsp3) is 0.316. The number of nitrogens with zero attached hydrogens (tertiary/aromatic N) is 3. The maximum atomic E-state index is 12.4. The van der Waals surface area contributed by atoms with Crippen LogP contribution in [0.25, 0.3) is 0 Å². The van der Waals surface area contributed by atoms with E-state index in [9.17, 15) is 19.2 Å². The molecule has 0 bridgehead atoms. The molecule has 2 heterocycles. The lowest BCUT2D eigenvalue weighted by atomic mass is 10.1. The number of ether oxygens (including phenoxy) is 1. The average Bonchev–Trinajstić information content (AvgIpc) is 3.04. The van der Waals surface area contributed by atoms with Crippen molar-refractivity contribution in [2.24, 2.45) is 7.05 Å². The van der Waals surface area contributed by atoms with Crippen LogP contribution >= 0.6 is 0 Å². The Morgan fingerprint density at radius 1 is 1.21 bits per heavy atom. The number of hydrogen-bond donors (Lipinski definition) is 1. The van der Waals surface area contributed by atoms with Crippen LogP contribution in [0, 0.1) is 13.8 Å². The minimum absolute atomic E-state index is 0.244. The van der Waals surface area contributed by atoms with Crippen LogP contribution in [0.5, 0.6) is 0 Å². The number of aryl methyl sites for hydroxylation is 2. The molecule has 0 unspecified atom stereocenters. The molecule has 9 heteroatoms. The van der Waals surface area contributed by atoms with Crippen molar-refractivity contribution in [1.82, 2.24) is 9.78 Å². The first-order valence-electron chi connectivity index (χ1n) is 8.66. The van der Waals surface area contributed by atoms with Gasteiger partial charge in [-0.05, 0) is 32.9 Å². The van der Waals surface area contributed by atoms with Gasteiger partial charge in [0, 0.05) is 7.05 Å². The number of rotatable bonds is 5. The SMILES string of the molecule is Cc1nn(C)c(C)c1NC(=O)[C@H](C)OC(=O)CN1C(=O)C(=O)c2ccccc21. The highest BCUT2D eigenvalue weighted by Gasteiger charge is 2.37. The van der Waals surface area contributed by atoms with Crippen LogP contribution in [0.15, 0.2) is 24.3 Å². The summed E-state index contributed by atoms with van der Waals surface area (Å²) >= 11 is 0. The topological polar surface area (TPSA) is 111 Å². The number of amides is 2. The van der Waals surface area contributed by atoms with Crippen LogP contribution in [-0.2, 0) is 26.2 Å². The fourth-order valence-corrected chi connectivity index (χ4v) is 3.00. The summed E-state index contributed by atoms with van der Waals surface area (Å²) in [6, 6.07) is 6.41. The lowest BCUT2D eigenvalue weighted by Crippen LogP contribution is -2.38. The number of fused-ring (bicyclic) bond motifs is 1. The van der Waals surface area contributed by atoms with E-state index in [1.807, 2.05) is 0 Å². The number of ketones is 1. The number of aromatic nitrogens is 2. The molecular weight excluding hydrogens is 364 g/mol. The molecule has 3 rings (SSSR count). The van der Waals surface area contributed by atoms with Crippen LogP contribution in [0.4, 0.5) is 11.4 Å². The Labute approximate surface area is 161 Å². The molecule has 0 aliphatic carbocycles. The Morgan fingerprint density at radius 3 is 2.54 bits per heavy atom. The van der Waals surface area contributed by atoms with Crippen LogP contribution in [0.2, 0.25) is 0 Å². The number of nitrogens with one attached hydrogen (secondary N) is 1. The third-order valence-electron chi connectivity index (χ3n) is 4.60. The molecule has 146 valence electrons. The summed E-state index contributed by atoms with van der Waals surface area (Å²) in [4.78, 5) is 49.7. The van der Waals surface area contributed by atoms with E-state index in [0.29, 0.717) is 17.1 Å². The zero-order valence-electron chi connectivity index (χ0n) is 16.0. The van der Waals surface area contributed by atoms with E-state index >= 15 is 0 Å². The fourth-order valence-electron chi connectivity index (χ4n) is 3.00. The van der Waals surface area contributed by atoms with Crippen LogP contribution in [0.1, 0.15) is 28.7 Å². The second kappa shape index (κ2) is 7.26. The summed E-state index contributed by atoms with van der Waals surface area (Å²) in [7, 11) is 1.76. The molecular formula is C19H20N4O5. The molecule has 0 radical (unpaired) electrons. The Hall–Kier alpha value is -3.49. The van der Waals surface area contributed by atoms with Gasteiger partial charge < -0.3 is 10.1 Å². The molecule has 1 N–H and O–H groups in total. The minimum atomic E-state index is -1.09. The maximum absolute atomic E-state index is 12.4. The monoisotopic (exact) mass is 384 g/mol. The molecule has 0 saturated carbocycles. The highest BCUT2D eigenvalue weighted by Crippen LogP contribution is 2.28. The van der Waals surface area contributed by atoms with E-state index in [-0.39, 0.29) is 5.56 Å². The number of anilines is 2. The van der Waals surface area contributed by atoms with Crippen molar-refractivity contribution in [1.29, 1.82) is 0 Å². The van der Waals surface area contributed by atoms with Crippen molar-refractivity contribution in [2.45, 2.75) is 26.9 Å². The normalized spacial score (nSPS) is 14.1. The molecule has 0 saturated heterocycles. The maximum Gasteiger partial charge on any atom is 0.326 e. The predicted molar refractivity (Wildman–Crippen MR) is 100.0 cm³/mol. The average molecular weight is 384 g/mol. The molecule has 1 aromatic carbocycles. The summed E-state index contributed by atoms with van der Waals surface area (Å²) in [5.41, 5.74) is 2.57. The molecule has 0 spiro atoms. The van der Waals surface area contributed by atoms with E-state index in [1.54, 1.807) is 43.8 Å². The van der Waals surface area contributed by atoms with Gasteiger partial charge in [0.05, 0.1) is 28.3 Å². The number of esters is 1. The van der Waals surface area contributed by atoms with Crippen molar-refractivity contribution in [2.75, 3.05) is 16.8 Å². The molecule has 2 amide bonds. The van der Waals surface area contributed by atoms with E-state index in [2.05, 4.69) is 10.4 Å². The minimum Gasteiger partial charge on any atom is -0.451 e. The zero-order valence-corrected chi connectivity index (χ0v) is 16.0. The summed E-state index contributed by atoms with van der Waals surface area (Å²) in [5.74, 6) is -2.77. The highest BCUT2D eigenvalue weighted by atomic mass is 16.5. The first-order chi connectivity index (χ1) is 13.2. The van der Waals surface area contributed by atoms with Gasteiger partial charge in [0.2, 0.25) is 0 Å². The quantitative estimate of drug-likeness (QED) is 0.611. The van der Waals surface area contributed by atoms with Gasteiger partial charge in [-0.1, -0.05) is 12.1 Å². The van der Waals surface area contributed by atoms with Gasteiger partial charge in [0.25, 0.3) is 17.6 Å². The second-order valence-electron chi connectivity index (χ2n) is 6.53. The summed E-state index contributed by atoms with van der Waals surface area (Å²) in [6.45, 7) is 4.54. The molecule has 28 heavy (non-hydrogen) atoms. The van der Waals surface area contributed by atoms with Gasteiger partial charge in [-0.3, -0.25) is 28.8 Å². The van der Waals surface area contributed by atoms with E-state index in [0.717, 1.165) is 10.6 Å². The standard InChI is InChI=1S/C19H20N4O5/c1-10-16(11(2)22(4)21-10)20-18(26)12(3)28-15(24)9-23-14-8-6-5-7-13(14)17(25)19(23)27/h5-8,12H,9H2,1-4H3,(H,20,26)/t12-/m0/s1. The molecule has 1 atom stereocenters. The third kappa shape index (κ3) is 3.38. The van der Waals surface area contributed by atoms with Gasteiger partial charge in [-0.15, -0.1) is 0 Å². The van der Waals surface area contributed by atoms with E-state index in [1.165, 1.54) is 13.0 Å². The van der Waals surface area contributed by atoms with Crippen molar-refractivity contribution in [3.63, 3.8) is 0 Å². The lowest BCUT2D eigenvalue weighted by Gasteiger charge is -2.18. The molecule has 9 nitrogen and oxygen atoms in total.